The van der Waals surface area contributed by atoms with Crippen molar-refractivity contribution in [1.82, 2.24) is 0 Å². The van der Waals surface area contributed by atoms with Crippen LogP contribution < -0.4 is 0 Å². The first-order valence-electron chi connectivity index (χ1n) is 2.14. The quantitative estimate of drug-likeness (QED) is 0.482. The third-order valence-corrected chi connectivity index (χ3v) is 1.08. The lowest BCUT2D eigenvalue weighted by Crippen LogP contribution is -2.06. The van der Waals surface area contributed by atoms with Crippen LogP contribution in [0.1, 0.15) is 20.3 Å². The lowest BCUT2D eigenvalue weighted by molar-refractivity contribution is 0.758. The maximum Gasteiger partial charge on any atom is 0.00992 e. The third-order valence-electron chi connectivity index (χ3n) is 0.762. The SMILES string of the molecule is [CH2]C(C)(S)CC. The highest BCUT2D eigenvalue weighted by molar-refractivity contribution is 7.81. The predicted octanol–water partition coefficient (Wildman–Crippen LogP) is 1.92. The average molecular weight is 103 g/mol. The van der Waals surface area contributed by atoms with Gasteiger partial charge in [0.1, 0.15) is 0 Å². The summed E-state index contributed by atoms with van der Waals surface area (Å²) in [6.45, 7) is 7.82. The lowest BCUT2D eigenvalue weighted by atomic mass is 10.1. The van der Waals surface area contributed by atoms with E-state index in [1.54, 1.807) is 0 Å². The van der Waals surface area contributed by atoms with Crippen molar-refractivity contribution in [3.8, 4) is 0 Å². The first-order valence-corrected chi connectivity index (χ1v) is 2.59. The maximum absolute atomic E-state index is 4.14. The van der Waals surface area contributed by atoms with Gasteiger partial charge in [0.15, 0.2) is 0 Å². The van der Waals surface area contributed by atoms with E-state index in [9.17, 15) is 0 Å². The minimum atomic E-state index is -0.0139. The van der Waals surface area contributed by atoms with Crippen LogP contribution in [0.3, 0.4) is 0 Å². The molecule has 0 bridgehead atoms. The van der Waals surface area contributed by atoms with Crippen molar-refractivity contribution in [2.45, 2.75) is 25.0 Å². The molecule has 1 radical (unpaired) electrons. The van der Waals surface area contributed by atoms with Crippen LogP contribution in [0.2, 0.25) is 0 Å². The molecule has 0 saturated carbocycles. The summed E-state index contributed by atoms with van der Waals surface area (Å²) in [6, 6.07) is 0. The summed E-state index contributed by atoms with van der Waals surface area (Å²) in [7, 11) is 0. The van der Waals surface area contributed by atoms with Crippen LogP contribution in [0.4, 0.5) is 0 Å². The fourth-order valence-corrected chi connectivity index (χ4v) is 0. The molecular weight excluding hydrogens is 92.1 g/mol. The molecule has 0 aliphatic carbocycles. The molecule has 1 heteroatoms. The summed E-state index contributed by atoms with van der Waals surface area (Å²) in [6.07, 6.45) is 1.02. The van der Waals surface area contributed by atoms with Crippen molar-refractivity contribution in [2.24, 2.45) is 0 Å². The van der Waals surface area contributed by atoms with Crippen LogP contribution >= 0.6 is 12.6 Å². The van der Waals surface area contributed by atoms with E-state index in [-0.39, 0.29) is 4.75 Å². The topological polar surface area (TPSA) is 0 Å². The van der Waals surface area contributed by atoms with Crippen molar-refractivity contribution in [3.63, 3.8) is 0 Å². The van der Waals surface area contributed by atoms with E-state index in [1.807, 2.05) is 6.92 Å². The molecule has 0 aromatic rings. The Balaban J connectivity index is 3.17. The minimum Gasteiger partial charge on any atom is -0.173 e. The normalized spacial score (nSPS) is 12.0. The zero-order valence-electron chi connectivity index (χ0n) is 4.36. The molecular formula is C5H11S. The summed E-state index contributed by atoms with van der Waals surface area (Å²) in [4.78, 5) is 0. The number of hydrogen-bond donors (Lipinski definition) is 1. The van der Waals surface area contributed by atoms with E-state index >= 15 is 0 Å². The molecule has 0 saturated heterocycles. The standard InChI is InChI=1S/C5H11S/c1-4-5(2,3)6/h6H,2,4H2,1,3H3. The summed E-state index contributed by atoms with van der Waals surface area (Å²) < 4.78 is -0.0139. The van der Waals surface area contributed by atoms with Gasteiger partial charge in [0.2, 0.25) is 0 Å². The highest BCUT2D eigenvalue weighted by atomic mass is 32.1. The van der Waals surface area contributed by atoms with Gasteiger partial charge in [-0.3, -0.25) is 0 Å². The van der Waals surface area contributed by atoms with E-state index in [2.05, 4.69) is 26.5 Å². The van der Waals surface area contributed by atoms with Crippen LogP contribution in [0.5, 0.6) is 0 Å². The van der Waals surface area contributed by atoms with Crippen LogP contribution in [0.15, 0.2) is 0 Å². The Labute approximate surface area is 45.4 Å². The van der Waals surface area contributed by atoms with Gasteiger partial charge in [0.25, 0.3) is 0 Å². The largest absolute Gasteiger partial charge is 0.173 e. The van der Waals surface area contributed by atoms with E-state index < -0.39 is 0 Å². The van der Waals surface area contributed by atoms with Gasteiger partial charge in [0.05, 0.1) is 0 Å². The van der Waals surface area contributed by atoms with Gasteiger partial charge in [-0.25, -0.2) is 0 Å². The smallest absolute Gasteiger partial charge is 0.00992 e. The Kier molecular flexibility index (Phi) is 1.98. The number of thiol groups is 1. The molecule has 0 amide bonds. The van der Waals surface area contributed by atoms with Crippen LogP contribution in [-0.2, 0) is 0 Å². The van der Waals surface area contributed by atoms with E-state index in [1.165, 1.54) is 0 Å². The van der Waals surface area contributed by atoms with Gasteiger partial charge < -0.3 is 0 Å². The molecule has 0 N–H and O–H groups in total. The monoisotopic (exact) mass is 103 g/mol. The second-order valence-electron chi connectivity index (χ2n) is 1.85. The molecule has 0 rings (SSSR count). The average Bonchev–Trinajstić information content (AvgIpc) is 1.35. The number of rotatable bonds is 1. The molecule has 1 unspecified atom stereocenters. The first-order chi connectivity index (χ1) is 2.56. The Hall–Kier alpha value is 0.350. The van der Waals surface area contributed by atoms with Gasteiger partial charge in [0, 0.05) is 4.75 Å². The molecule has 0 aliphatic rings. The summed E-state index contributed by atoms with van der Waals surface area (Å²) in [5.74, 6) is 0. The summed E-state index contributed by atoms with van der Waals surface area (Å²) >= 11 is 4.14. The van der Waals surface area contributed by atoms with Crippen molar-refractivity contribution < 1.29 is 0 Å². The molecule has 0 heterocycles. The molecule has 0 aliphatic heterocycles. The number of hydrogen-bond acceptors (Lipinski definition) is 1. The zero-order chi connectivity index (χ0) is 5.21. The van der Waals surface area contributed by atoms with Crippen molar-refractivity contribution in [1.29, 1.82) is 0 Å². The van der Waals surface area contributed by atoms with Gasteiger partial charge in [-0.05, 0) is 13.3 Å². The molecule has 0 fully saturated rings. The van der Waals surface area contributed by atoms with E-state index in [4.69, 9.17) is 0 Å². The highest BCUT2D eigenvalue weighted by Crippen LogP contribution is 2.13. The Bertz CT molecular complexity index is 33.7. The summed E-state index contributed by atoms with van der Waals surface area (Å²) in [5, 5.41) is 0. The van der Waals surface area contributed by atoms with Crippen molar-refractivity contribution >= 4 is 12.6 Å². The molecule has 0 spiro atoms. The molecule has 0 nitrogen and oxygen atoms in total. The minimum absolute atomic E-state index is 0.0139. The first kappa shape index (κ1) is 6.35. The lowest BCUT2D eigenvalue weighted by Gasteiger charge is -2.11. The predicted molar refractivity (Wildman–Crippen MR) is 33.0 cm³/mol. The van der Waals surface area contributed by atoms with Crippen molar-refractivity contribution in [2.75, 3.05) is 0 Å². The zero-order valence-corrected chi connectivity index (χ0v) is 5.26. The molecule has 0 aromatic heterocycles. The second-order valence-corrected chi connectivity index (χ2v) is 2.93. The Morgan fingerprint density at radius 3 is 2.00 bits per heavy atom. The Morgan fingerprint density at radius 2 is 2.00 bits per heavy atom. The van der Waals surface area contributed by atoms with Crippen LogP contribution in [-0.4, -0.2) is 4.75 Å². The van der Waals surface area contributed by atoms with Gasteiger partial charge in [-0.2, -0.15) is 12.6 Å². The van der Waals surface area contributed by atoms with Gasteiger partial charge >= 0.3 is 0 Å². The van der Waals surface area contributed by atoms with Crippen molar-refractivity contribution in [3.05, 3.63) is 6.92 Å². The summed E-state index contributed by atoms with van der Waals surface area (Å²) in [5.41, 5.74) is 0. The van der Waals surface area contributed by atoms with Gasteiger partial charge in [-0.1, -0.05) is 13.8 Å². The van der Waals surface area contributed by atoms with E-state index in [0.29, 0.717) is 0 Å². The fourth-order valence-electron chi connectivity index (χ4n) is 0. The van der Waals surface area contributed by atoms with Gasteiger partial charge in [-0.15, -0.1) is 0 Å². The fraction of sp³-hybridized carbons (Fsp3) is 0.800. The molecule has 6 heavy (non-hydrogen) atoms. The van der Waals surface area contributed by atoms with Crippen LogP contribution in [0, 0.1) is 6.92 Å². The third kappa shape index (κ3) is 4.35. The second kappa shape index (κ2) is 1.87. The Morgan fingerprint density at radius 1 is 1.83 bits per heavy atom. The molecule has 1 atom stereocenters. The van der Waals surface area contributed by atoms with E-state index in [0.717, 1.165) is 6.42 Å². The maximum atomic E-state index is 4.14. The molecule has 37 valence electrons. The molecule has 0 aromatic carbocycles. The highest BCUT2D eigenvalue weighted by Gasteiger charge is 2.04. The van der Waals surface area contributed by atoms with Crippen LogP contribution in [0.25, 0.3) is 0 Å².